The number of hydrogen-bond donors (Lipinski definition) is 1. The molecule has 1 amide bonds. The summed E-state index contributed by atoms with van der Waals surface area (Å²) in [6.45, 7) is 3.74. The van der Waals surface area contributed by atoms with E-state index in [2.05, 4.69) is 10.2 Å². The van der Waals surface area contributed by atoms with E-state index < -0.39 is 5.92 Å². The van der Waals surface area contributed by atoms with E-state index in [1.807, 2.05) is 24.3 Å². The van der Waals surface area contributed by atoms with Crippen LogP contribution in [0.25, 0.3) is 0 Å². The molecule has 1 N–H and O–H groups in total. The van der Waals surface area contributed by atoms with Crippen molar-refractivity contribution in [3.05, 3.63) is 35.4 Å². The van der Waals surface area contributed by atoms with Gasteiger partial charge in [-0.05, 0) is 62.4 Å². The van der Waals surface area contributed by atoms with Gasteiger partial charge in [-0.25, -0.2) is 8.78 Å². The van der Waals surface area contributed by atoms with Crippen LogP contribution in [0.1, 0.15) is 60.9 Å². The first-order valence-corrected chi connectivity index (χ1v) is 9.49. The number of halogens is 2. The second-order valence-corrected chi connectivity index (χ2v) is 7.54. The van der Waals surface area contributed by atoms with E-state index in [1.165, 1.54) is 24.8 Å². The summed E-state index contributed by atoms with van der Waals surface area (Å²) in [5, 5.41) is 2.90. The molecule has 1 saturated carbocycles. The van der Waals surface area contributed by atoms with Crippen LogP contribution >= 0.6 is 0 Å². The quantitative estimate of drug-likeness (QED) is 0.862. The molecular formula is C20H28F2N2O. The topological polar surface area (TPSA) is 32.3 Å². The van der Waals surface area contributed by atoms with Crippen molar-refractivity contribution in [1.29, 1.82) is 0 Å². The van der Waals surface area contributed by atoms with E-state index in [0.717, 1.165) is 19.6 Å². The van der Waals surface area contributed by atoms with Crippen molar-refractivity contribution >= 4 is 5.91 Å². The van der Waals surface area contributed by atoms with Crippen LogP contribution in [0, 0.1) is 5.92 Å². The van der Waals surface area contributed by atoms with Crippen molar-refractivity contribution in [2.45, 2.75) is 57.4 Å². The van der Waals surface area contributed by atoms with Crippen LogP contribution in [0.15, 0.2) is 24.3 Å². The van der Waals surface area contributed by atoms with Crippen molar-refractivity contribution in [2.75, 3.05) is 19.6 Å². The highest BCUT2D eigenvalue weighted by Crippen LogP contribution is 2.35. The Morgan fingerprint density at radius 1 is 1.08 bits per heavy atom. The zero-order chi connectivity index (χ0) is 17.7. The normalized spacial score (nSPS) is 21.8. The summed E-state index contributed by atoms with van der Waals surface area (Å²) < 4.78 is 26.3. The summed E-state index contributed by atoms with van der Waals surface area (Å²) in [7, 11) is 0. The molecule has 0 aromatic heterocycles. The smallest absolute Gasteiger partial charge is 0.251 e. The molecule has 0 bridgehead atoms. The fraction of sp³-hybridized carbons (Fsp3) is 0.650. The van der Waals surface area contributed by atoms with E-state index in [4.69, 9.17) is 0 Å². The van der Waals surface area contributed by atoms with Crippen molar-refractivity contribution in [2.24, 2.45) is 5.92 Å². The largest absolute Gasteiger partial charge is 0.352 e. The highest BCUT2D eigenvalue weighted by Gasteiger charge is 2.34. The number of likely N-dealkylation sites (tertiary alicyclic amines) is 1. The van der Waals surface area contributed by atoms with Gasteiger partial charge in [0.15, 0.2) is 0 Å². The second kappa shape index (κ2) is 8.26. The van der Waals surface area contributed by atoms with Crippen LogP contribution in [-0.2, 0) is 6.54 Å². The molecule has 1 aromatic rings. The third-order valence-corrected chi connectivity index (χ3v) is 5.46. The Kier molecular flexibility index (Phi) is 6.05. The standard InChI is InChI=1S/C20H28F2N2O/c21-20(22)10-8-16(9-11-20)14-23-19(25)18-6-4-17(5-7-18)15-24-12-2-1-3-13-24/h4-7,16H,1-3,8-15H2,(H,23,25). The van der Waals surface area contributed by atoms with Gasteiger partial charge in [-0.3, -0.25) is 9.69 Å². The minimum atomic E-state index is -2.51. The molecule has 3 rings (SSSR count). The molecule has 0 radical (unpaired) electrons. The lowest BCUT2D eigenvalue weighted by Gasteiger charge is -2.28. The van der Waals surface area contributed by atoms with Crippen LogP contribution < -0.4 is 5.32 Å². The predicted molar refractivity (Wildman–Crippen MR) is 94.8 cm³/mol. The fourth-order valence-corrected chi connectivity index (χ4v) is 3.78. The van der Waals surface area contributed by atoms with Gasteiger partial charge in [-0.2, -0.15) is 0 Å². The van der Waals surface area contributed by atoms with Gasteiger partial charge in [0.2, 0.25) is 5.92 Å². The number of amides is 1. The second-order valence-electron chi connectivity index (χ2n) is 7.54. The van der Waals surface area contributed by atoms with Gasteiger partial charge in [0.1, 0.15) is 0 Å². The van der Waals surface area contributed by atoms with Crippen LogP contribution in [0.4, 0.5) is 8.78 Å². The molecule has 3 nitrogen and oxygen atoms in total. The van der Waals surface area contributed by atoms with Gasteiger partial charge in [-0.15, -0.1) is 0 Å². The van der Waals surface area contributed by atoms with Gasteiger partial charge >= 0.3 is 0 Å². The summed E-state index contributed by atoms with van der Waals surface area (Å²) in [5.74, 6) is -2.45. The molecule has 0 spiro atoms. The number of carbonyl (C=O) groups is 1. The Balaban J connectivity index is 1.44. The minimum Gasteiger partial charge on any atom is -0.352 e. The van der Waals surface area contributed by atoms with Gasteiger partial charge in [-0.1, -0.05) is 18.6 Å². The molecule has 1 saturated heterocycles. The molecule has 25 heavy (non-hydrogen) atoms. The molecule has 2 fully saturated rings. The predicted octanol–water partition coefficient (Wildman–Crippen LogP) is 4.23. The zero-order valence-corrected chi connectivity index (χ0v) is 14.8. The Morgan fingerprint density at radius 2 is 1.72 bits per heavy atom. The molecule has 2 aliphatic rings. The van der Waals surface area contributed by atoms with Crippen molar-refractivity contribution in [1.82, 2.24) is 10.2 Å². The summed E-state index contributed by atoms with van der Waals surface area (Å²) in [6.07, 6.45) is 4.73. The van der Waals surface area contributed by atoms with E-state index in [9.17, 15) is 13.6 Å². The third-order valence-electron chi connectivity index (χ3n) is 5.46. The van der Waals surface area contributed by atoms with E-state index >= 15 is 0 Å². The van der Waals surface area contributed by atoms with Crippen LogP contribution in [0.2, 0.25) is 0 Å². The number of nitrogens with zero attached hydrogens (tertiary/aromatic N) is 1. The average Bonchev–Trinajstić information content (AvgIpc) is 2.62. The lowest BCUT2D eigenvalue weighted by atomic mass is 9.87. The number of carbonyl (C=O) groups excluding carboxylic acids is 1. The number of alkyl halides is 2. The SMILES string of the molecule is O=C(NCC1CCC(F)(F)CC1)c1ccc(CN2CCCCC2)cc1. The maximum absolute atomic E-state index is 13.2. The first-order valence-electron chi connectivity index (χ1n) is 9.49. The van der Waals surface area contributed by atoms with E-state index in [0.29, 0.717) is 24.9 Å². The Bertz CT molecular complexity index is 558. The summed E-state index contributed by atoms with van der Waals surface area (Å²) >= 11 is 0. The minimum absolute atomic E-state index is 0.0568. The molecule has 1 aliphatic carbocycles. The maximum atomic E-state index is 13.2. The van der Waals surface area contributed by atoms with Crippen molar-refractivity contribution in [3.63, 3.8) is 0 Å². The number of rotatable bonds is 5. The number of piperidine rings is 1. The van der Waals surface area contributed by atoms with Crippen LogP contribution in [0.5, 0.6) is 0 Å². The average molecular weight is 350 g/mol. The van der Waals surface area contributed by atoms with Crippen molar-refractivity contribution < 1.29 is 13.6 Å². The molecule has 138 valence electrons. The van der Waals surface area contributed by atoms with Crippen LogP contribution in [0.3, 0.4) is 0 Å². The molecule has 1 heterocycles. The molecule has 5 heteroatoms. The highest BCUT2D eigenvalue weighted by atomic mass is 19.3. The monoisotopic (exact) mass is 350 g/mol. The maximum Gasteiger partial charge on any atom is 0.251 e. The Morgan fingerprint density at radius 3 is 2.36 bits per heavy atom. The summed E-state index contributed by atoms with van der Waals surface area (Å²) in [5.41, 5.74) is 1.87. The fourth-order valence-electron chi connectivity index (χ4n) is 3.78. The first kappa shape index (κ1) is 18.3. The molecule has 0 atom stereocenters. The van der Waals surface area contributed by atoms with Gasteiger partial charge in [0.05, 0.1) is 0 Å². The summed E-state index contributed by atoms with van der Waals surface area (Å²) in [6, 6.07) is 7.77. The van der Waals surface area contributed by atoms with Gasteiger partial charge in [0.25, 0.3) is 5.91 Å². The van der Waals surface area contributed by atoms with Crippen LogP contribution in [-0.4, -0.2) is 36.4 Å². The number of hydrogen-bond acceptors (Lipinski definition) is 2. The third kappa shape index (κ3) is 5.50. The Labute approximate surface area is 148 Å². The molecule has 0 unspecified atom stereocenters. The lowest BCUT2D eigenvalue weighted by Crippen LogP contribution is -2.33. The highest BCUT2D eigenvalue weighted by molar-refractivity contribution is 5.94. The molecule has 1 aromatic carbocycles. The van der Waals surface area contributed by atoms with E-state index in [1.54, 1.807) is 0 Å². The zero-order valence-electron chi connectivity index (χ0n) is 14.8. The summed E-state index contributed by atoms with van der Waals surface area (Å²) in [4.78, 5) is 14.7. The molecule has 1 aliphatic heterocycles. The van der Waals surface area contributed by atoms with E-state index in [-0.39, 0.29) is 24.7 Å². The van der Waals surface area contributed by atoms with Crippen molar-refractivity contribution in [3.8, 4) is 0 Å². The van der Waals surface area contributed by atoms with Gasteiger partial charge < -0.3 is 5.32 Å². The van der Waals surface area contributed by atoms with Gasteiger partial charge in [0, 0.05) is 31.5 Å². The lowest BCUT2D eigenvalue weighted by molar-refractivity contribution is -0.0452. The number of nitrogens with one attached hydrogen (secondary N) is 1. The number of benzene rings is 1. The molecular weight excluding hydrogens is 322 g/mol. The Hall–Kier alpha value is -1.49. The first-order chi connectivity index (χ1) is 12.0.